The number of aliphatic hydroxyl groups is 1. The van der Waals surface area contributed by atoms with E-state index in [0.717, 1.165) is 11.3 Å². The van der Waals surface area contributed by atoms with Gasteiger partial charge in [0.25, 0.3) is 0 Å². The van der Waals surface area contributed by atoms with E-state index >= 15 is 0 Å². The quantitative estimate of drug-likeness (QED) is 0.315. The number of likely N-dealkylation sites (N-methyl/N-ethyl adjacent to an activating group) is 1. The van der Waals surface area contributed by atoms with Crippen molar-refractivity contribution in [3.05, 3.63) is 41.2 Å². The van der Waals surface area contributed by atoms with E-state index in [1.54, 1.807) is 7.05 Å². The zero-order chi connectivity index (χ0) is 18.7. The molecular formula is C19H20INO5. The molecule has 2 aliphatic heterocycles. The van der Waals surface area contributed by atoms with Crippen LogP contribution in [-0.4, -0.2) is 53.7 Å². The molecule has 0 bridgehead atoms. The average Bonchev–Trinajstić information content (AvgIpc) is 3.19. The molecule has 138 valence electrons. The second-order valence-corrected chi connectivity index (χ2v) is 8.01. The summed E-state index contributed by atoms with van der Waals surface area (Å²) in [5, 5.41) is 11.5. The van der Waals surface area contributed by atoms with Crippen LogP contribution >= 0.6 is 22.6 Å². The second-order valence-electron chi connectivity index (χ2n) is 6.93. The Labute approximate surface area is 165 Å². The second kappa shape index (κ2) is 5.95. The zero-order valence-corrected chi connectivity index (χ0v) is 16.8. The third-order valence-corrected chi connectivity index (χ3v) is 6.44. The SMILES string of the molecule is COC(=O)[C@@]1(O)C(=O)C(CCI)=C2OCC[C@@]23c2ccccc2N(C)[C@@H]13. The fourth-order valence-electron chi connectivity index (χ4n) is 4.98. The lowest BCUT2D eigenvalue weighted by Gasteiger charge is -2.46. The van der Waals surface area contributed by atoms with Crippen LogP contribution in [0, 0.1) is 0 Å². The molecule has 1 aromatic rings. The van der Waals surface area contributed by atoms with Gasteiger partial charge in [-0.2, -0.15) is 0 Å². The van der Waals surface area contributed by atoms with Gasteiger partial charge in [-0.15, -0.1) is 0 Å². The van der Waals surface area contributed by atoms with Crippen LogP contribution in [0.25, 0.3) is 0 Å². The number of alkyl halides is 1. The minimum atomic E-state index is -2.26. The highest BCUT2D eigenvalue weighted by molar-refractivity contribution is 14.1. The number of nitrogens with zero attached hydrogens (tertiary/aromatic N) is 1. The molecule has 7 heteroatoms. The molecular weight excluding hydrogens is 449 g/mol. The van der Waals surface area contributed by atoms with E-state index in [2.05, 4.69) is 22.6 Å². The number of rotatable bonds is 3. The molecule has 3 aliphatic rings. The number of carbonyl (C=O) groups excluding carboxylic acids is 2. The van der Waals surface area contributed by atoms with Crippen molar-refractivity contribution in [2.24, 2.45) is 0 Å². The van der Waals surface area contributed by atoms with Crippen molar-refractivity contribution in [2.75, 3.05) is 30.1 Å². The van der Waals surface area contributed by atoms with Gasteiger partial charge in [0, 0.05) is 29.2 Å². The number of benzene rings is 1. The maximum absolute atomic E-state index is 13.3. The normalized spacial score (nSPS) is 32.1. The molecule has 1 aromatic carbocycles. The molecule has 6 nitrogen and oxygen atoms in total. The van der Waals surface area contributed by atoms with Gasteiger partial charge in [-0.05, 0) is 18.1 Å². The topological polar surface area (TPSA) is 76.1 Å². The largest absolute Gasteiger partial charge is 0.496 e. The van der Waals surface area contributed by atoms with Crippen LogP contribution in [0.4, 0.5) is 5.69 Å². The molecule has 0 unspecified atom stereocenters. The standard InChI is InChI=1S/C19H20INO5/c1-21-13-6-4-3-5-12(13)18-8-10-26-15(18)11(7-9-20)14(22)19(24,16(18)21)17(23)25-2/h3-6,16,24H,7-10H2,1-2H3/t16-,18-,19-/m1/s1. The van der Waals surface area contributed by atoms with Gasteiger partial charge in [0.1, 0.15) is 5.76 Å². The molecule has 0 saturated carbocycles. The van der Waals surface area contributed by atoms with Crippen molar-refractivity contribution in [3.8, 4) is 0 Å². The van der Waals surface area contributed by atoms with E-state index in [1.807, 2.05) is 29.2 Å². The van der Waals surface area contributed by atoms with Gasteiger partial charge in [-0.3, -0.25) is 4.79 Å². The van der Waals surface area contributed by atoms with Crippen LogP contribution < -0.4 is 4.90 Å². The fourth-order valence-corrected chi connectivity index (χ4v) is 5.52. The number of fused-ring (bicyclic) bond motifs is 1. The number of para-hydroxylation sites is 1. The summed E-state index contributed by atoms with van der Waals surface area (Å²) < 4.78 is 11.5. The van der Waals surface area contributed by atoms with Crippen LogP contribution in [-0.2, 0) is 24.5 Å². The van der Waals surface area contributed by atoms with Crippen LogP contribution in [0.2, 0.25) is 0 Å². The van der Waals surface area contributed by atoms with E-state index in [0.29, 0.717) is 35.2 Å². The highest BCUT2D eigenvalue weighted by atomic mass is 127. The van der Waals surface area contributed by atoms with Crippen LogP contribution in [0.3, 0.4) is 0 Å². The molecule has 2 heterocycles. The number of esters is 1. The lowest BCUT2D eigenvalue weighted by atomic mass is 9.61. The summed E-state index contributed by atoms with van der Waals surface area (Å²) in [5.41, 5.74) is -0.692. The van der Waals surface area contributed by atoms with Gasteiger partial charge < -0.3 is 19.5 Å². The molecule has 1 N–H and O–H groups in total. The summed E-state index contributed by atoms with van der Waals surface area (Å²) in [4.78, 5) is 27.8. The first-order chi connectivity index (χ1) is 12.4. The summed E-state index contributed by atoms with van der Waals surface area (Å²) in [5.74, 6) is -0.892. The van der Waals surface area contributed by atoms with Gasteiger partial charge in [0.15, 0.2) is 0 Å². The van der Waals surface area contributed by atoms with Gasteiger partial charge in [0.2, 0.25) is 11.4 Å². The summed E-state index contributed by atoms with van der Waals surface area (Å²) in [7, 11) is 3.00. The van der Waals surface area contributed by atoms with Gasteiger partial charge >= 0.3 is 5.97 Å². The molecule has 1 spiro atoms. The Balaban J connectivity index is 2.07. The molecule has 0 amide bonds. The van der Waals surface area contributed by atoms with Crippen molar-refractivity contribution in [2.45, 2.75) is 29.9 Å². The first-order valence-electron chi connectivity index (χ1n) is 8.55. The smallest absolute Gasteiger partial charge is 0.348 e. The Bertz CT molecular complexity index is 837. The summed E-state index contributed by atoms with van der Waals surface area (Å²) in [6.07, 6.45) is 1.04. The van der Waals surface area contributed by atoms with Crippen molar-refractivity contribution in [1.29, 1.82) is 0 Å². The number of hydrogen-bond donors (Lipinski definition) is 1. The van der Waals surface area contributed by atoms with Gasteiger partial charge in [-0.1, -0.05) is 40.8 Å². The summed E-state index contributed by atoms with van der Waals surface area (Å²) >= 11 is 2.18. The fraction of sp³-hybridized carbons (Fsp3) is 0.474. The van der Waals surface area contributed by atoms with Crippen LogP contribution in [0.1, 0.15) is 18.4 Å². The first kappa shape index (κ1) is 17.8. The molecule has 1 fully saturated rings. The molecule has 4 rings (SSSR count). The average molecular weight is 469 g/mol. The lowest BCUT2D eigenvalue weighted by molar-refractivity contribution is -0.171. The molecule has 0 aromatic heterocycles. The van der Waals surface area contributed by atoms with Crippen LogP contribution in [0.15, 0.2) is 35.6 Å². The molecule has 1 saturated heterocycles. The zero-order valence-electron chi connectivity index (χ0n) is 14.6. The maximum atomic E-state index is 13.3. The Morgan fingerprint density at radius 3 is 2.88 bits per heavy atom. The number of anilines is 1. The predicted molar refractivity (Wildman–Crippen MR) is 103 cm³/mol. The number of halogens is 1. The maximum Gasteiger partial charge on any atom is 0.348 e. The van der Waals surface area contributed by atoms with E-state index in [1.165, 1.54) is 7.11 Å². The molecule has 1 aliphatic carbocycles. The number of ether oxygens (including phenoxy) is 2. The monoisotopic (exact) mass is 469 g/mol. The van der Waals surface area contributed by atoms with Gasteiger partial charge in [0.05, 0.1) is 25.2 Å². The van der Waals surface area contributed by atoms with Crippen molar-refractivity contribution in [3.63, 3.8) is 0 Å². The summed E-state index contributed by atoms with van der Waals surface area (Å²) in [6, 6.07) is 7.00. The molecule has 0 radical (unpaired) electrons. The highest BCUT2D eigenvalue weighted by Crippen LogP contribution is 2.60. The summed E-state index contributed by atoms with van der Waals surface area (Å²) in [6.45, 7) is 0.448. The van der Waals surface area contributed by atoms with E-state index in [4.69, 9.17) is 9.47 Å². The number of carbonyl (C=O) groups is 2. The number of Topliss-reactive ketones (excluding diaryl/α,β-unsaturated/α-hetero) is 1. The third-order valence-electron chi connectivity index (χ3n) is 5.90. The molecule has 3 atom stereocenters. The van der Waals surface area contributed by atoms with E-state index < -0.39 is 28.8 Å². The minimum Gasteiger partial charge on any atom is -0.496 e. The van der Waals surface area contributed by atoms with Gasteiger partial charge in [-0.25, -0.2) is 4.79 Å². The first-order valence-corrected chi connectivity index (χ1v) is 10.1. The Morgan fingerprint density at radius 2 is 2.19 bits per heavy atom. The number of methoxy groups -OCH3 is 1. The minimum absolute atomic E-state index is 0.408. The van der Waals surface area contributed by atoms with Crippen molar-refractivity contribution >= 4 is 40.0 Å². The van der Waals surface area contributed by atoms with E-state index in [9.17, 15) is 14.7 Å². The number of ketones is 1. The Morgan fingerprint density at radius 1 is 1.46 bits per heavy atom. The predicted octanol–water partition coefficient (Wildman–Crippen LogP) is 1.73. The Kier molecular flexibility index (Phi) is 4.07. The Hall–Kier alpha value is -1.61. The lowest BCUT2D eigenvalue weighted by Crippen LogP contribution is -2.69. The number of hydrogen-bond acceptors (Lipinski definition) is 6. The van der Waals surface area contributed by atoms with Crippen molar-refractivity contribution in [1.82, 2.24) is 0 Å². The van der Waals surface area contributed by atoms with E-state index in [-0.39, 0.29) is 0 Å². The van der Waals surface area contributed by atoms with Crippen LogP contribution in [0.5, 0.6) is 0 Å². The third kappa shape index (κ3) is 1.90. The molecule has 26 heavy (non-hydrogen) atoms. The van der Waals surface area contributed by atoms with Crippen molar-refractivity contribution < 1.29 is 24.2 Å². The highest BCUT2D eigenvalue weighted by Gasteiger charge is 2.72.